The number of methoxy groups -OCH3 is 1. The van der Waals surface area contributed by atoms with E-state index in [-0.39, 0.29) is 11.3 Å². The molecule has 2 aromatic carbocycles. The Bertz CT molecular complexity index is 1120. The largest absolute Gasteiger partial charge is 0.509 e. The lowest BCUT2D eigenvalue weighted by molar-refractivity contribution is 0.125. The van der Waals surface area contributed by atoms with Crippen molar-refractivity contribution in [3.05, 3.63) is 65.7 Å². The van der Waals surface area contributed by atoms with Crippen LogP contribution in [0.5, 0.6) is 5.75 Å². The molecule has 7 heteroatoms. The van der Waals surface area contributed by atoms with E-state index in [4.69, 9.17) is 4.74 Å². The molecule has 1 fully saturated rings. The fourth-order valence-corrected chi connectivity index (χ4v) is 4.00. The molecule has 2 heterocycles. The van der Waals surface area contributed by atoms with Crippen LogP contribution < -0.4 is 4.74 Å². The number of para-hydroxylation sites is 2. The summed E-state index contributed by atoms with van der Waals surface area (Å²) in [6.45, 7) is 4.73. The van der Waals surface area contributed by atoms with Crippen LogP contribution in [0.2, 0.25) is 0 Å². The first-order valence-electron chi connectivity index (χ1n) is 10.4. The van der Waals surface area contributed by atoms with Gasteiger partial charge in [0.25, 0.3) is 0 Å². The zero-order valence-electron chi connectivity index (χ0n) is 18.0. The average molecular weight is 418 g/mol. The molecule has 0 bridgehead atoms. The van der Waals surface area contributed by atoms with Crippen molar-refractivity contribution in [2.75, 3.05) is 39.8 Å². The average Bonchev–Trinajstić information content (AvgIpc) is 3.12. The van der Waals surface area contributed by atoms with E-state index in [0.29, 0.717) is 12.4 Å². The van der Waals surface area contributed by atoms with Crippen LogP contribution in [0, 0.1) is 11.3 Å². The number of fused-ring (bicyclic) bond motifs is 1. The number of imidazole rings is 1. The minimum absolute atomic E-state index is 0.0736. The highest BCUT2D eigenvalue weighted by Crippen LogP contribution is 2.22. The molecule has 1 aliphatic heterocycles. The first kappa shape index (κ1) is 20.9. The van der Waals surface area contributed by atoms with Gasteiger partial charge in [0.15, 0.2) is 5.82 Å². The lowest BCUT2D eigenvalue weighted by Crippen LogP contribution is -2.46. The Morgan fingerprint density at radius 1 is 1.06 bits per heavy atom. The number of ether oxygens (including phenoxy) is 1. The van der Waals surface area contributed by atoms with Crippen LogP contribution >= 0.6 is 0 Å². The zero-order valence-corrected chi connectivity index (χ0v) is 18.0. The minimum Gasteiger partial charge on any atom is -0.509 e. The summed E-state index contributed by atoms with van der Waals surface area (Å²) < 4.78 is 7.08. The molecule has 0 unspecified atom stereocenters. The van der Waals surface area contributed by atoms with Crippen LogP contribution in [0.3, 0.4) is 0 Å². The van der Waals surface area contributed by atoms with Crippen molar-refractivity contribution < 1.29 is 9.84 Å². The summed E-state index contributed by atoms with van der Waals surface area (Å²) in [7, 11) is 3.54. The number of allylic oxidation sites excluding steroid dienone is 1. The summed E-state index contributed by atoms with van der Waals surface area (Å²) in [4.78, 5) is 9.13. The van der Waals surface area contributed by atoms with Crippen molar-refractivity contribution in [3.8, 4) is 11.8 Å². The molecule has 0 spiro atoms. The molecule has 1 N–H and O–H groups in total. The van der Waals surface area contributed by atoms with Gasteiger partial charge in [0, 0.05) is 39.8 Å². The fourth-order valence-electron chi connectivity index (χ4n) is 4.00. The predicted octanol–water partition coefficient (Wildman–Crippen LogP) is 3.19. The smallest absolute Gasteiger partial charge is 0.155 e. The molecule has 31 heavy (non-hydrogen) atoms. The molecule has 1 saturated heterocycles. The van der Waals surface area contributed by atoms with E-state index in [1.807, 2.05) is 48.0 Å². The topological polar surface area (TPSA) is 77.6 Å². The number of hydrogen-bond acceptors (Lipinski definition) is 6. The van der Waals surface area contributed by atoms with Crippen LogP contribution in [-0.4, -0.2) is 64.3 Å². The van der Waals surface area contributed by atoms with Crippen LogP contribution in [0.4, 0.5) is 0 Å². The van der Waals surface area contributed by atoms with Gasteiger partial charge in [-0.1, -0.05) is 24.3 Å². The van der Waals surface area contributed by atoms with E-state index in [0.717, 1.165) is 49.5 Å². The molecular formula is C24H27N5O2. The van der Waals surface area contributed by atoms with Crippen molar-refractivity contribution >= 4 is 16.6 Å². The Labute approximate surface area is 182 Å². The van der Waals surface area contributed by atoms with Crippen molar-refractivity contribution in [1.82, 2.24) is 19.4 Å². The lowest BCUT2D eigenvalue weighted by atomic mass is 10.1. The number of nitriles is 1. The summed E-state index contributed by atoms with van der Waals surface area (Å²) in [6.07, 6.45) is 0. The number of benzene rings is 2. The van der Waals surface area contributed by atoms with Gasteiger partial charge in [0.2, 0.25) is 0 Å². The standard InChI is InChI=1S/C24H27N5O2/c1-27-22-6-4-3-5-21(22)26-24(27)20(15-25)23(30)17-29-13-11-28(12-14-29)16-18-7-9-19(31-2)10-8-18/h3-10,30H,11-14,16-17H2,1-2H3/b23-20-. The van der Waals surface area contributed by atoms with Crippen molar-refractivity contribution in [2.24, 2.45) is 7.05 Å². The maximum Gasteiger partial charge on any atom is 0.155 e. The summed E-state index contributed by atoms with van der Waals surface area (Å²) in [5.74, 6) is 1.44. The molecule has 0 aliphatic carbocycles. The van der Waals surface area contributed by atoms with Gasteiger partial charge in [-0.2, -0.15) is 5.26 Å². The number of piperazine rings is 1. The third-order valence-electron chi connectivity index (χ3n) is 5.81. The van der Waals surface area contributed by atoms with Gasteiger partial charge in [-0.05, 0) is 29.8 Å². The normalized spacial score (nSPS) is 16.2. The van der Waals surface area contributed by atoms with Crippen LogP contribution in [0.25, 0.3) is 16.6 Å². The second kappa shape index (κ2) is 9.21. The molecule has 0 saturated carbocycles. The Hall–Kier alpha value is -3.34. The molecule has 7 nitrogen and oxygen atoms in total. The number of aliphatic hydroxyl groups is 1. The van der Waals surface area contributed by atoms with Gasteiger partial charge < -0.3 is 14.4 Å². The highest BCUT2D eigenvalue weighted by molar-refractivity contribution is 5.83. The van der Waals surface area contributed by atoms with E-state index < -0.39 is 0 Å². The second-order valence-corrected chi connectivity index (χ2v) is 7.82. The molecule has 3 aromatic rings. The number of aromatic nitrogens is 2. The molecule has 4 rings (SSSR count). The van der Waals surface area contributed by atoms with Crippen LogP contribution in [-0.2, 0) is 13.6 Å². The molecule has 1 aliphatic rings. The predicted molar refractivity (Wildman–Crippen MR) is 121 cm³/mol. The highest BCUT2D eigenvalue weighted by Gasteiger charge is 2.21. The monoisotopic (exact) mass is 417 g/mol. The van der Waals surface area contributed by atoms with E-state index >= 15 is 0 Å². The van der Waals surface area contributed by atoms with Gasteiger partial charge in [0.05, 0.1) is 24.7 Å². The SMILES string of the molecule is COc1ccc(CN2CCN(C/C(O)=C(\C#N)c3nc4ccccc4n3C)CC2)cc1. The molecule has 0 atom stereocenters. The van der Waals surface area contributed by atoms with Gasteiger partial charge in [-0.15, -0.1) is 0 Å². The first-order chi connectivity index (χ1) is 15.1. The fraction of sp³-hybridized carbons (Fsp3) is 0.333. The Kier molecular flexibility index (Phi) is 6.21. The van der Waals surface area contributed by atoms with E-state index in [2.05, 4.69) is 33.0 Å². The summed E-state index contributed by atoms with van der Waals surface area (Å²) in [6, 6.07) is 18.0. The third kappa shape index (κ3) is 4.55. The van der Waals surface area contributed by atoms with Gasteiger partial charge in [-0.25, -0.2) is 4.98 Å². The maximum absolute atomic E-state index is 10.8. The number of rotatable bonds is 6. The van der Waals surface area contributed by atoms with Crippen LogP contribution in [0.15, 0.2) is 54.3 Å². The zero-order chi connectivity index (χ0) is 21.8. The molecule has 0 radical (unpaired) electrons. The van der Waals surface area contributed by atoms with Crippen molar-refractivity contribution in [1.29, 1.82) is 5.26 Å². The quantitative estimate of drug-likeness (QED) is 0.490. The maximum atomic E-state index is 10.8. The molecule has 0 amide bonds. The third-order valence-corrected chi connectivity index (χ3v) is 5.81. The summed E-state index contributed by atoms with van der Waals surface area (Å²) in [5, 5.41) is 20.5. The Morgan fingerprint density at radius 2 is 1.74 bits per heavy atom. The first-order valence-corrected chi connectivity index (χ1v) is 10.4. The number of nitrogens with zero attached hydrogens (tertiary/aromatic N) is 5. The van der Waals surface area contributed by atoms with E-state index in [1.165, 1.54) is 5.56 Å². The van der Waals surface area contributed by atoms with Gasteiger partial charge in [-0.3, -0.25) is 9.80 Å². The highest BCUT2D eigenvalue weighted by atomic mass is 16.5. The second-order valence-electron chi connectivity index (χ2n) is 7.82. The van der Waals surface area contributed by atoms with Crippen molar-refractivity contribution in [2.45, 2.75) is 6.54 Å². The van der Waals surface area contributed by atoms with Gasteiger partial charge >= 0.3 is 0 Å². The number of hydrogen-bond donors (Lipinski definition) is 1. The molecular weight excluding hydrogens is 390 g/mol. The minimum atomic E-state index is 0.0736. The summed E-state index contributed by atoms with van der Waals surface area (Å²) in [5.41, 5.74) is 3.24. The Balaban J connectivity index is 1.40. The number of aliphatic hydroxyl groups excluding tert-OH is 1. The Morgan fingerprint density at radius 3 is 2.39 bits per heavy atom. The van der Waals surface area contributed by atoms with E-state index in [1.54, 1.807) is 7.11 Å². The lowest BCUT2D eigenvalue weighted by Gasteiger charge is -2.34. The number of aryl methyl sites for hydroxylation is 1. The summed E-state index contributed by atoms with van der Waals surface area (Å²) >= 11 is 0. The van der Waals surface area contributed by atoms with E-state index in [9.17, 15) is 10.4 Å². The van der Waals surface area contributed by atoms with Crippen LogP contribution in [0.1, 0.15) is 11.4 Å². The molecule has 1 aromatic heterocycles. The molecule has 160 valence electrons. The van der Waals surface area contributed by atoms with Gasteiger partial charge in [0.1, 0.15) is 23.2 Å². The van der Waals surface area contributed by atoms with Crippen molar-refractivity contribution in [3.63, 3.8) is 0 Å².